The summed E-state index contributed by atoms with van der Waals surface area (Å²) < 4.78 is 19.4. The van der Waals surface area contributed by atoms with E-state index in [1.54, 1.807) is 7.11 Å². The average molecular weight is 539 g/mol. The summed E-state index contributed by atoms with van der Waals surface area (Å²) in [6.07, 6.45) is 3.69. The molecular weight excluding hydrogens is 508 g/mol. The maximum atomic E-state index is 14.0. The number of methoxy groups -OCH3 is 1. The molecule has 1 aliphatic carbocycles. The van der Waals surface area contributed by atoms with Crippen molar-refractivity contribution >= 4 is 23.1 Å². The molecule has 0 spiro atoms. The predicted molar refractivity (Wildman–Crippen MR) is 155 cm³/mol. The van der Waals surface area contributed by atoms with Crippen LogP contribution in [0.15, 0.2) is 82.1 Å². The van der Waals surface area contributed by atoms with E-state index in [1.807, 2.05) is 54.8 Å². The fraction of sp³-hybridized carbons (Fsp3) is 0.250. The highest BCUT2D eigenvalue weighted by molar-refractivity contribution is 7.07. The van der Waals surface area contributed by atoms with Gasteiger partial charge in [-0.2, -0.15) is 0 Å². The van der Waals surface area contributed by atoms with E-state index in [1.165, 1.54) is 22.5 Å². The molecule has 6 nitrogen and oxygen atoms in total. The highest BCUT2D eigenvalue weighted by atomic mass is 32.1. The van der Waals surface area contributed by atoms with Crippen LogP contribution in [0.5, 0.6) is 17.2 Å². The van der Waals surface area contributed by atoms with Gasteiger partial charge >= 0.3 is 0 Å². The first-order chi connectivity index (χ1) is 19.1. The maximum Gasteiger partial charge on any atom is 0.271 e. The summed E-state index contributed by atoms with van der Waals surface area (Å²) in [6.45, 7) is 5.07. The van der Waals surface area contributed by atoms with Crippen LogP contribution in [-0.2, 0) is 6.42 Å². The van der Waals surface area contributed by atoms with Crippen molar-refractivity contribution in [3.05, 3.63) is 114 Å². The molecule has 2 heterocycles. The SMILES string of the molecule is CCOc1ccc(C2C3=C(N=c4sc(=Cc5ccc(OCC)c(OC)c5)c(=O)n42)c2ccccc2CC3)cc1. The van der Waals surface area contributed by atoms with E-state index in [0.717, 1.165) is 41.0 Å². The molecule has 0 saturated heterocycles. The number of nitrogens with zero attached hydrogens (tertiary/aromatic N) is 2. The summed E-state index contributed by atoms with van der Waals surface area (Å²) >= 11 is 1.42. The summed E-state index contributed by atoms with van der Waals surface area (Å²) in [5.74, 6) is 2.14. The number of hydrogen-bond acceptors (Lipinski definition) is 6. The molecule has 0 radical (unpaired) electrons. The van der Waals surface area contributed by atoms with Gasteiger partial charge in [-0.3, -0.25) is 9.36 Å². The predicted octanol–water partition coefficient (Wildman–Crippen LogP) is 5.12. The van der Waals surface area contributed by atoms with Gasteiger partial charge in [0.05, 0.1) is 36.6 Å². The van der Waals surface area contributed by atoms with E-state index in [0.29, 0.717) is 34.0 Å². The molecule has 0 fully saturated rings. The molecule has 0 amide bonds. The first-order valence-electron chi connectivity index (χ1n) is 13.3. The Hall–Kier alpha value is -4.10. The van der Waals surface area contributed by atoms with Crippen LogP contribution in [0.1, 0.15) is 48.6 Å². The molecule has 0 N–H and O–H groups in total. The maximum absolute atomic E-state index is 14.0. The van der Waals surface area contributed by atoms with E-state index in [9.17, 15) is 4.79 Å². The van der Waals surface area contributed by atoms with Gasteiger partial charge in [0.2, 0.25) is 0 Å². The van der Waals surface area contributed by atoms with Crippen LogP contribution in [-0.4, -0.2) is 24.9 Å². The minimum absolute atomic E-state index is 0.0455. The van der Waals surface area contributed by atoms with Crippen molar-refractivity contribution in [2.45, 2.75) is 32.7 Å². The monoisotopic (exact) mass is 538 g/mol. The molecule has 4 aromatic rings. The Morgan fingerprint density at radius 1 is 0.974 bits per heavy atom. The molecule has 1 aromatic heterocycles. The van der Waals surface area contributed by atoms with Crippen molar-refractivity contribution in [3.63, 3.8) is 0 Å². The third-order valence-corrected chi connectivity index (χ3v) is 8.15. The standard InChI is InChI=1S/C32H30N2O4S/c1-4-37-23-14-11-22(12-15-23)30-25-16-13-21-8-6-7-9-24(21)29(25)33-32-34(30)31(35)28(39-32)19-20-10-17-26(38-5-2)27(18-20)36-3/h6-12,14-15,17-19,30H,4-5,13,16H2,1-3H3. The largest absolute Gasteiger partial charge is 0.494 e. The number of ether oxygens (including phenoxy) is 3. The van der Waals surface area contributed by atoms with E-state index in [-0.39, 0.29) is 11.6 Å². The van der Waals surface area contributed by atoms with Crippen LogP contribution >= 0.6 is 11.3 Å². The van der Waals surface area contributed by atoms with Gasteiger partial charge in [0.15, 0.2) is 16.3 Å². The van der Waals surface area contributed by atoms with Crippen LogP contribution in [0.4, 0.5) is 0 Å². The number of aromatic nitrogens is 1. The minimum atomic E-state index is -0.225. The number of fused-ring (bicyclic) bond motifs is 3. The first-order valence-corrected chi connectivity index (χ1v) is 14.1. The van der Waals surface area contributed by atoms with Gasteiger partial charge in [0, 0.05) is 5.56 Å². The van der Waals surface area contributed by atoms with Gasteiger partial charge < -0.3 is 14.2 Å². The Kier molecular flexibility index (Phi) is 6.83. The molecule has 6 rings (SSSR count). The van der Waals surface area contributed by atoms with Crippen molar-refractivity contribution in [2.24, 2.45) is 4.99 Å². The Balaban J connectivity index is 1.53. The zero-order valence-corrected chi connectivity index (χ0v) is 23.1. The van der Waals surface area contributed by atoms with E-state index in [2.05, 4.69) is 36.4 Å². The molecule has 1 aliphatic heterocycles. The lowest BCUT2D eigenvalue weighted by atomic mass is 9.83. The molecule has 39 heavy (non-hydrogen) atoms. The Bertz CT molecular complexity index is 1750. The van der Waals surface area contributed by atoms with Crippen molar-refractivity contribution in [1.29, 1.82) is 0 Å². The summed E-state index contributed by atoms with van der Waals surface area (Å²) in [6, 6.07) is 22.1. The van der Waals surface area contributed by atoms with Crippen molar-refractivity contribution in [3.8, 4) is 17.2 Å². The lowest BCUT2D eigenvalue weighted by Gasteiger charge is -2.30. The molecule has 3 aromatic carbocycles. The molecule has 198 valence electrons. The summed E-state index contributed by atoms with van der Waals surface area (Å²) in [4.78, 5) is 19.8. The minimum Gasteiger partial charge on any atom is -0.494 e. The summed E-state index contributed by atoms with van der Waals surface area (Å²) in [7, 11) is 1.62. The molecule has 0 saturated carbocycles. The summed E-state index contributed by atoms with van der Waals surface area (Å²) in [5.41, 5.74) is 6.50. The second kappa shape index (κ2) is 10.6. The van der Waals surface area contributed by atoms with E-state index in [4.69, 9.17) is 19.2 Å². The van der Waals surface area contributed by atoms with Gasteiger partial charge in [-0.15, -0.1) is 0 Å². The van der Waals surface area contributed by atoms with Gasteiger partial charge in [0.1, 0.15) is 5.75 Å². The van der Waals surface area contributed by atoms with Gasteiger partial charge in [-0.1, -0.05) is 53.8 Å². The molecule has 7 heteroatoms. The normalized spacial score (nSPS) is 16.2. The highest BCUT2D eigenvalue weighted by Crippen LogP contribution is 2.41. The third kappa shape index (κ3) is 4.57. The molecule has 1 atom stereocenters. The molecule has 0 bridgehead atoms. The van der Waals surface area contributed by atoms with Crippen LogP contribution in [0.25, 0.3) is 11.8 Å². The smallest absolute Gasteiger partial charge is 0.271 e. The zero-order chi connectivity index (χ0) is 26.9. The first kappa shape index (κ1) is 25.2. The van der Waals surface area contributed by atoms with Crippen molar-refractivity contribution < 1.29 is 14.2 Å². The Labute approximate surface area is 231 Å². The zero-order valence-electron chi connectivity index (χ0n) is 22.3. The van der Waals surface area contributed by atoms with E-state index >= 15 is 0 Å². The van der Waals surface area contributed by atoms with Crippen LogP contribution in [0.3, 0.4) is 0 Å². The molecule has 1 unspecified atom stereocenters. The van der Waals surface area contributed by atoms with Gasteiger partial charge in [-0.25, -0.2) is 4.99 Å². The topological polar surface area (TPSA) is 62.0 Å². The van der Waals surface area contributed by atoms with Crippen LogP contribution in [0, 0.1) is 0 Å². The van der Waals surface area contributed by atoms with Crippen LogP contribution < -0.4 is 29.1 Å². The summed E-state index contributed by atoms with van der Waals surface area (Å²) in [5, 5.41) is 0. The number of aryl methyl sites for hydroxylation is 1. The van der Waals surface area contributed by atoms with Gasteiger partial charge in [-0.05, 0) is 79.3 Å². The number of allylic oxidation sites excluding steroid dienone is 1. The number of benzene rings is 3. The molecular formula is C32H30N2O4S. The van der Waals surface area contributed by atoms with Gasteiger partial charge in [0.25, 0.3) is 5.56 Å². The lowest BCUT2D eigenvalue weighted by Crippen LogP contribution is -2.38. The quantitative estimate of drug-likeness (QED) is 0.328. The van der Waals surface area contributed by atoms with Crippen molar-refractivity contribution in [2.75, 3.05) is 20.3 Å². The third-order valence-electron chi connectivity index (χ3n) is 7.17. The number of thiazole rings is 1. The molecule has 2 aliphatic rings. The number of rotatable bonds is 7. The fourth-order valence-corrected chi connectivity index (χ4v) is 6.44. The Morgan fingerprint density at radius 3 is 2.54 bits per heavy atom. The van der Waals surface area contributed by atoms with Crippen molar-refractivity contribution in [1.82, 2.24) is 4.57 Å². The lowest BCUT2D eigenvalue weighted by molar-refractivity contribution is 0.311. The fourth-order valence-electron chi connectivity index (χ4n) is 5.44. The second-order valence-corrected chi connectivity index (χ2v) is 10.5. The number of hydrogen-bond donors (Lipinski definition) is 0. The van der Waals surface area contributed by atoms with E-state index < -0.39 is 0 Å². The highest BCUT2D eigenvalue weighted by Gasteiger charge is 2.32. The van der Waals surface area contributed by atoms with Crippen LogP contribution in [0.2, 0.25) is 0 Å². The second-order valence-electron chi connectivity index (χ2n) is 9.46. The Morgan fingerprint density at radius 2 is 1.77 bits per heavy atom. The average Bonchev–Trinajstić information content (AvgIpc) is 3.27.